The molecule has 2 aliphatic rings. The lowest BCUT2D eigenvalue weighted by atomic mass is 9.87. The van der Waals surface area contributed by atoms with Crippen molar-refractivity contribution in [3.63, 3.8) is 0 Å². The molecule has 172 valence electrons. The van der Waals surface area contributed by atoms with Crippen LogP contribution in [0.15, 0.2) is 47.5 Å². The molecule has 2 aromatic rings. The van der Waals surface area contributed by atoms with Crippen LogP contribution in [0, 0.1) is 23.5 Å². The smallest absolute Gasteiger partial charge is 0.354 e. The number of carbonyl (C=O) groups is 3. The first-order valence-corrected chi connectivity index (χ1v) is 10.4. The molecule has 2 aliphatic heterocycles. The third-order valence-corrected chi connectivity index (χ3v) is 5.65. The van der Waals surface area contributed by atoms with Crippen LogP contribution in [0.4, 0.5) is 14.5 Å². The van der Waals surface area contributed by atoms with Crippen LogP contribution in [-0.2, 0) is 24.8 Å². The molecule has 2 atom stereocenters. The summed E-state index contributed by atoms with van der Waals surface area (Å²) in [5.74, 6) is -4.67. The monoisotopic (exact) mass is 456 g/mol. The van der Waals surface area contributed by atoms with E-state index in [0.29, 0.717) is 17.5 Å². The number of anilines is 1. The van der Waals surface area contributed by atoms with Crippen molar-refractivity contribution in [2.24, 2.45) is 16.8 Å². The minimum Gasteiger partial charge on any atom is -0.497 e. The van der Waals surface area contributed by atoms with Crippen molar-refractivity contribution in [1.29, 1.82) is 0 Å². The number of cyclic esters (lactones) is 1. The van der Waals surface area contributed by atoms with Gasteiger partial charge in [0.25, 0.3) is 0 Å². The molecule has 0 radical (unpaired) electrons. The molecule has 0 unspecified atom stereocenters. The second kappa shape index (κ2) is 8.38. The van der Waals surface area contributed by atoms with E-state index in [1.54, 1.807) is 12.1 Å². The van der Waals surface area contributed by atoms with Gasteiger partial charge in [-0.2, -0.15) is 0 Å². The van der Waals surface area contributed by atoms with Crippen LogP contribution in [0.5, 0.6) is 5.75 Å². The standard InChI is InChI=1S/C24H22F2N2O5/c1-13(2)10-20-23(31)33-24(27-20,17-9-4-14(25)11-19(17)26)18-12-21(29)28(22(18)30)15-5-7-16(32-3)8-6-15/h4-9,11,13,18H,10,12H2,1-3H3/t18-,24-/m0/s1. The molecule has 1 saturated heterocycles. The minimum atomic E-state index is -2.10. The van der Waals surface area contributed by atoms with E-state index in [2.05, 4.69) is 4.99 Å². The SMILES string of the molecule is COc1ccc(N2C(=O)C[C@H]([C@@]3(c4ccc(F)cc4F)N=C(CC(C)C)C(=O)O3)C2=O)cc1. The van der Waals surface area contributed by atoms with E-state index in [1.165, 1.54) is 19.2 Å². The van der Waals surface area contributed by atoms with Crippen molar-refractivity contribution >= 4 is 29.2 Å². The van der Waals surface area contributed by atoms with Gasteiger partial charge in [-0.25, -0.2) is 18.6 Å². The highest BCUT2D eigenvalue weighted by atomic mass is 19.1. The Hall–Kier alpha value is -3.62. The number of ether oxygens (including phenoxy) is 2. The first-order valence-electron chi connectivity index (χ1n) is 10.4. The summed E-state index contributed by atoms with van der Waals surface area (Å²) in [5, 5.41) is 0. The van der Waals surface area contributed by atoms with Crippen LogP contribution < -0.4 is 9.64 Å². The molecule has 9 heteroatoms. The Morgan fingerprint density at radius 2 is 1.85 bits per heavy atom. The molecule has 0 aliphatic carbocycles. The van der Waals surface area contributed by atoms with Gasteiger partial charge < -0.3 is 9.47 Å². The van der Waals surface area contributed by atoms with Crippen molar-refractivity contribution in [2.45, 2.75) is 32.4 Å². The van der Waals surface area contributed by atoms with Gasteiger partial charge in [0.1, 0.15) is 29.0 Å². The zero-order valence-corrected chi connectivity index (χ0v) is 18.3. The van der Waals surface area contributed by atoms with E-state index >= 15 is 0 Å². The fourth-order valence-electron chi connectivity index (χ4n) is 4.16. The van der Waals surface area contributed by atoms with Crippen LogP contribution in [0.3, 0.4) is 0 Å². The molecule has 4 rings (SSSR count). The van der Waals surface area contributed by atoms with E-state index in [1.807, 2.05) is 13.8 Å². The molecule has 2 aromatic carbocycles. The molecular weight excluding hydrogens is 434 g/mol. The number of rotatable bonds is 6. The van der Waals surface area contributed by atoms with Crippen molar-refractivity contribution in [3.8, 4) is 5.75 Å². The first kappa shape index (κ1) is 22.6. The highest BCUT2D eigenvalue weighted by molar-refractivity contribution is 6.38. The van der Waals surface area contributed by atoms with Gasteiger partial charge in [0, 0.05) is 12.5 Å². The summed E-state index contributed by atoms with van der Waals surface area (Å²) in [6.45, 7) is 3.73. The number of nitrogens with zero attached hydrogens (tertiary/aromatic N) is 2. The van der Waals surface area contributed by atoms with Gasteiger partial charge in [0.05, 0.1) is 18.4 Å². The Morgan fingerprint density at radius 1 is 1.15 bits per heavy atom. The predicted molar refractivity (Wildman–Crippen MR) is 115 cm³/mol. The molecule has 33 heavy (non-hydrogen) atoms. The van der Waals surface area contributed by atoms with E-state index in [-0.39, 0.29) is 30.0 Å². The largest absolute Gasteiger partial charge is 0.497 e. The Morgan fingerprint density at radius 3 is 2.45 bits per heavy atom. The van der Waals surface area contributed by atoms with Gasteiger partial charge in [0.2, 0.25) is 17.5 Å². The van der Waals surface area contributed by atoms with Crippen LogP contribution in [0.2, 0.25) is 0 Å². The van der Waals surface area contributed by atoms with Crippen molar-refractivity contribution in [3.05, 3.63) is 59.7 Å². The van der Waals surface area contributed by atoms with Crippen LogP contribution in [0.25, 0.3) is 0 Å². The maximum Gasteiger partial charge on any atom is 0.354 e. The molecule has 2 amide bonds. The van der Waals surface area contributed by atoms with Crippen LogP contribution in [0.1, 0.15) is 32.3 Å². The van der Waals surface area contributed by atoms with E-state index < -0.39 is 41.1 Å². The molecule has 0 spiro atoms. The number of imide groups is 1. The fourth-order valence-corrected chi connectivity index (χ4v) is 4.16. The number of aliphatic imine (C=N–C) groups is 1. The normalized spacial score (nSPS) is 22.7. The summed E-state index contributed by atoms with van der Waals surface area (Å²) in [6.07, 6.45) is -0.131. The highest BCUT2D eigenvalue weighted by Crippen LogP contribution is 2.47. The minimum absolute atomic E-state index is 0.0295. The maximum atomic E-state index is 14.9. The molecule has 1 fully saturated rings. The van der Waals surface area contributed by atoms with Gasteiger partial charge in [-0.05, 0) is 48.7 Å². The summed E-state index contributed by atoms with van der Waals surface area (Å²) in [4.78, 5) is 44.4. The van der Waals surface area contributed by atoms with Crippen molar-refractivity contribution in [2.75, 3.05) is 12.0 Å². The lowest BCUT2D eigenvalue weighted by Crippen LogP contribution is -2.41. The van der Waals surface area contributed by atoms with Crippen LogP contribution >= 0.6 is 0 Å². The van der Waals surface area contributed by atoms with Gasteiger partial charge in [-0.15, -0.1) is 0 Å². The lowest BCUT2D eigenvalue weighted by molar-refractivity contribution is -0.156. The van der Waals surface area contributed by atoms with Gasteiger partial charge in [0.15, 0.2) is 0 Å². The number of carbonyl (C=O) groups excluding carboxylic acids is 3. The number of amides is 2. The maximum absolute atomic E-state index is 14.9. The second-order valence-corrected chi connectivity index (χ2v) is 8.39. The predicted octanol–water partition coefficient (Wildman–Crippen LogP) is 3.75. The summed E-state index contributed by atoms with van der Waals surface area (Å²) in [6, 6.07) is 8.97. The Bertz CT molecular complexity index is 1160. The molecule has 2 heterocycles. The quantitative estimate of drug-likeness (QED) is 0.488. The van der Waals surface area contributed by atoms with Gasteiger partial charge in [-0.3, -0.25) is 14.5 Å². The summed E-state index contributed by atoms with van der Waals surface area (Å²) in [5.41, 5.74) is -2.05. The van der Waals surface area contributed by atoms with E-state index in [9.17, 15) is 23.2 Å². The zero-order valence-electron chi connectivity index (χ0n) is 18.3. The van der Waals surface area contributed by atoms with Crippen LogP contribution in [-0.4, -0.2) is 30.6 Å². The number of methoxy groups -OCH3 is 1. The summed E-state index contributed by atoms with van der Waals surface area (Å²) in [7, 11) is 1.49. The number of hydrogen-bond acceptors (Lipinski definition) is 6. The molecule has 0 saturated carbocycles. The first-order chi connectivity index (χ1) is 15.7. The number of hydrogen-bond donors (Lipinski definition) is 0. The zero-order chi connectivity index (χ0) is 23.9. The molecule has 0 aromatic heterocycles. The third-order valence-electron chi connectivity index (χ3n) is 5.65. The summed E-state index contributed by atoms with van der Waals surface area (Å²) >= 11 is 0. The van der Waals surface area contributed by atoms with E-state index in [0.717, 1.165) is 17.0 Å². The number of benzene rings is 2. The average Bonchev–Trinajstić information content (AvgIpc) is 3.24. The topological polar surface area (TPSA) is 85.3 Å². The molecule has 0 bridgehead atoms. The number of esters is 1. The summed E-state index contributed by atoms with van der Waals surface area (Å²) < 4.78 is 39.2. The molecule has 0 N–H and O–H groups in total. The van der Waals surface area contributed by atoms with Crippen molar-refractivity contribution in [1.82, 2.24) is 0 Å². The number of halogens is 2. The molecular formula is C24H22F2N2O5. The Kier molecular flexibility index (Phi) is 5.73. The van der Waals surface area contributed by atoms with Gasteiger partial charge in [-0.1, -0.05) is 13.8 Å². The van der Waals surface area contributed by atoms with Crippen molar-refractivity contribution < 1.29 is 32.6 Å². The lowest BCUT2D eigenvalue weighted by Gasteiger charge is -2.30. The third kappa shape index (κ3) is 3.88. The fraction of sp³-hybridized carbons (Fsp3) is 0.333. The highest BCUT2D eigenvalue weighted by Gasteiger charge is 2.59. The Labute approximate surface area is 189 Å². The van der Waals surface area contributed by atoms with E-state index in [4.69, 9.17) is 9.47 Å². The average molecular weight is 456 g/mol. The van der Waals surface area contributed by atoms with Gasteiger partial charge >= 0.3 is 5.97 Å². The molecule has 7 nitrogen and oxygen atoms in total. The second-order valence-electron chi connectivity index (χ2n) is 8.39. The Balaban J connectivity index is 1.81.